The van der Waals surface area contributed by atoms with E-state index in [1.807, 2.05) is 30.3 Å². The van der Waals surface area contributed by atoms with Crippen LogP contribution in [0, 0.1) is 0 Å². The molecule has 0 amide bonds. The summed E-state index contributed by atoms with van der Waals surface area (Å²) in [5.74, 6) is 0.186. The highest BCUT2D eigenvalue weighted by Crippen LogP contribution is 2.32. The zero-order valence-electron chi connectivity index (χ0n) is 8.31. The lowest BCUT2D eigenvalue weighted by atomic mass is 10.0. The van der Waals surface area contributed by atoms with E-state index in [0.717, 1.165) is 16.2 Å². The second-order valence-corrected chi connectivity index (χ2v) is 4.10. The van der Waals surface area contributed by atoms with Gasteiger partial charge in [-0.25, -0.2) is 0 Å². The Balaban J connectivity index is 2.59. The first kappa shape index (κ1) is 9.43. The number of aromatic hydroxyl groups is 1. The van der Waals surface area contributed by atoms with E-state index in [0.29, 0.717) is 10.5 Å². The molecule has 0 fully saturated rings. The summed E-state index contributed by atoms with van der Waals surface area (Å²) < 4.78 is 0. The maximum absolute atomic E-state index is 9.85. The fourth-order valence-electron chi connectivity index (χ4n) is 1.94. The highest BCUT2D eigenvalue weighted by molar-refractivity contribution is 6.31. The molecule has 2 aromatic carbocycles. The number of phenolic OH excluding ortho intramolecular Hbond substituents is 1. The van der Waals surface area contributed by atoms with Gasteiger partial charge < -0.3 is 5.11 Å². The molecule has 0 saturated carbocycles. The summed E-state index contributed by atoms with van der Waals surface area (Å²) in [5.41, 5.74) is 0.623. The quantitative estimate of drug-likeness (QED) is 0.596. The summed E-state index contributed by atoms with van der Waals surface area (Å²) in [7, 11) is 0. The second-order valence-electron chi connectivity index (χ2n) is 3.66. The van der Waals surface area contributed by atoms with Gasteiger partial charge in [-0.05, 0) is 35.0 Å². The lowest BCUT2D eigenvalue weighted by molar-refractivity contribution is 0.481. The van der Waals surface area contributed by atoms with Crippen LogP contribution in [0.2, 0.25) is 5.02 Å². The van der Waals surface area contributed by atoms with Crippen molar-refractivity contribution in [3.8, 4) is 5.75 Å². The number of phenols is 1. The summed E-state index contributed by atoms with van der Waals surface area (Å²) in [5, 5.41) is 13.4. The predicted molar refractivity (Wildman–Crippen MR) is 65.9 cm³/mol. The zero-order chi connectivity index (χ0) is 11.1. The number of hydrogen-bond acceptors (Lipinski definition) is 2. The van der Waals surface area contributed by atoms with Crippen LogP contribution in [0.5, 0.6) is 5.75 Å². The average Bonchev–Trinajstić information content (AvgIpc) is 2.29. The van der Waals surface area contributed by atoms with E-state index in [9.17, 15) is 5.11 Å². The molecule has 0 aliphatic carbocycles. The number of rotatable bonds is 0. The normalized spacial score (nSPS) is 11.1. The van der Waals surface area contributed by atoms with Crippen LogP contribution in [-0.4, -0.2) is 10.1 Å². The van der Waals surface area contributed by atoms with Gasteiger partial charge in [-0.15, -0.1) is 0 Å². The van der Waals surface area contributed by atoms with Crippen LogP contribution >= 0.6 is 11.6 Å². The summed E-state index contributed by atoms with van der Waals surface area (Å²) >= 11 is 5.92. The maximum atomic E-state index is 9.85. The van der Waals surface area contributed by atoms with Crippen LogP contribution in [0.3, 0.4) is 0 Å². The van der Waals surface area contributed by atoms with Crippen molar-refractivity contribution in [2.75, 3.05) is 0 Å². The number of aromatic nitrogens is 1. The zero-order valence-corrected chi connectivity index (χ0v) is 9.07. The number of halogens is 1. The van der Waals surface area contributed by atoms with Crippen molar-refractivity contribution in [1.29, 1.82) is 0 Å². The highest BCUT2D eigenvalue weighted by Gasteiger charge is 2.06. The van der Waals surface area contributed by atoms with Crippen molar-refractivity contribution in [1.82, 2.24) is 4.98 Å². The van der Waals surface area contributed by atoms with Crippen LogP contribution in [-0.2, 0) is 0 Å². The summed E-state index contributed by atoms with van der Waals surface area (Å²) in [4.78, 5) is 4.17. The van der Waals surface area contributed by atoms with Gasteiger partial charge in [0.15, 0.2) is 0 Å². The van der Waals surface area contributed by atoms with E-state index in [1.165, 1.54) is 0 Å². The fourth-order valence-corrected chi connectivity index (χ4v) is 2.12. The van der Waals surface area contributed by atoms with Gasteiger partial charge in [0.05, 0.1) is 0 Å². The molecule has 3 rings (SSSR count). The molecule has 16 heavy (non-hydrogen) atoms. The molecular weight excluding hydrogens is 222 g/mol. The molecule has 3 heteroatoms. The third-order valence-corrected chi connectivity index (χ3v) is 2.88. The van der Waals surface area contributed by atoms with Crippen LogP contribution in [0.4, 0.5) is 0 Å². The highest BCUT2D eigenvalue weighted by atomic mass is 35.5. The monoisotopic (exact) mass is 229 g/mol. The molecule has 0 spiro atoms. The predicted octanol–water partition coefficient (Wildman–Crippen LogP) is 3.75. The Labute approximate surface area is 97.1 Å². The minimum atomic E-state index is 0.186. The molecular formula is C13H8ClNO. The van der Waals surface area contributed by atoms with Gasteiger partial charge in [0.2, 0.25) is 0 Å². The van der Waals surface area contributed by atoms with Crippen LogP contribution in [0.25, 0.3) is 21.7 Å². The first-order valence-electron chi connectivity index (χ1n) is 4.92. The van der Waals surface area contributed by atoms with Gasteiger partial charge in [0.1, 0.15) is 11.3 Å². The molecule has 2 nitrogen and oxygen atoms in total. The summed E-state index contributed by atoms with van der Waals surface area (Å²) in [6.07, 6.45) is 1.67. The van der Waals surface area contributed by atoms with Crippen molar-refractivity contribution < 1.29 is 5.11 Å². The Hall–Kier alpha value is -1.80. The Morgan fingerprint density at radius 2 is 1.94 bits per heavy atom. The second kappa shape index (κ2) is 3.35. The first-order chi connectivity index (χ1) is 7.75. The molecule has 0 unspecified atom stereocenters. The number of nitrogens with zero attached hydrogens (tertiary/aromatic N) is 1. The molecule has 0 radical (unpaired) electrons. The van der Waals surface area contributed by atoms with Gasteiger partial charge in [-0.3, -0.25) is 4.98 Å². The average molecular weight is 230 g/mol. The first-order valence-corrected chi connectivity index (χ1v) is 5.29. The minimum Gasteiger partial charge on any atom is -0.506 e. The van der Waals surface area contributed by atoms with Crippen molar-refractivity contribution >= 4 is 33.3 Å². The lowest BCUT2D eigenvalue weighted by Crippen LogP contribution is -1.82. The topological polar surface area (TPSA) is 33.1 Å². The molecule has 0 bridgehead atoms. The van der Waals surface area contributed by atoms with Crippen LogP contribution in [0.15, 0.2) is 42.6 Å². The molecule has 3 aromatic rings. The van der Waals surface area contributed by atoms with E-state index < -0.39 is 0 Å². The Morgan fingerprint density at radius 1 is 1.06 bits per heavy atom. The molecule has 1 heterocycles. The smallest absolute Gasteiger partial charge is 0.142 e. The Morgan fingerprint density at radius 3 is 2.81 bits per heavy atom. The van der Waals surface area contributed by atoms with Gasteiger partial charge in [-0.1, -0.05) is 23.7 Å². The molecule has 0 saturated heterocycles. The van der Waals surface area contributed by atoms with Crippen molar-refractivity contribution in [2.24, 2.45) is 0 Å². The molecule has 1 aromatic heterocycles. The lowest BCUT2D eigenvalue weighted by Gasteiger charge is -2.05. The number of benzene rings is 2. The Bertz CT molecular complexity index is 694. The largest absolute Gasteiger partial charge is 0.506 e. The van der Waals surface area contributed by atoms with E-state index in [4.69, 9.17) is 11.6 Å². The minimum absolute atomic E-state index is 0.186. The van der Waals surface area contributed by atoms with Crippen molar-refractivity contribution in [2.45, 2.75) is 0 Å². The van der Waals surface area contributed by atoms with Crippen LogP contribution < -0.4 is 0 Å². The summed E-state index contributed by atoms with van der Waals surface area (Å²) in [6, 6.07) is 11.1. The fraction of sp³-hybridized carbons (Fsp3) is 0. The van der Waals surface area contributed by atoms with Crippen molar-refractivity contribution in [3.63, 3.8) is 0 Å². The summed E-state index contributed by atoms with van der Waals surface area (Å²) in [6.45, 7) is 0. The molecule has 0 aliphatic heterocycles. The van der Waals surface area contributed by atoms with E-state index in [2.05, 4.69) is 4.98 Å². The third-order valence-electron chi connectivity index (χ3n) is 2.65. The number of fused-ring (bicyclic) bond motifs is 3. The third kappa shape index (κ3) is 1.31. The van der Waals surface area contributed by atoms with Gasteiger partial charge in [0.25, 0.3) is 0 Å². The number of pyridine rings is 1. The maximum Gasteiger partial charge on any atom is 0.142 e. The molecule has 0 atom stereocenters. The van der Waals surface area contributed by atoms with E-state index in [1.54, 1.807) is 12.3 Å². The molecule has 0 aliphatic rings. The van der Waals surface area contributed by atoms with E-state index >= 15 is 0 Å². The SMILES string of the molecule is Oc1cc2cc(Cl)ccc2c2cccnc12. The number of hydrogen-bond donors (Lipinski definition) is 1. The van der Waals surface area contributed by atoms with Crippen LogP contribution in [0.1, 0.15) is 0 Å². The van der Waals surface area contributed by atoms with Crippen molar-refractivity contribution in [3.05, 3.63) is 47.6 Å². The van der Waals surface area contributed by atoms with Gasteiger partial charge in [0, 0.05) is 16.6 Å². The van der Waals surface area contributed by atoms with Gasteiger partial charge >= 0.3 is 0 Å². The molecule has 78 valence electrons. The Kier molecular flexibility index (Phi) is 1.98. The standard InChI is InChI=1S/C13H8ClNO/c14-9-3-4-10-8(6-9)7-12(16)13-11(10)2-1-5-15-13/h1-7,16H. The van der Waals surface area contributed by atoms with E-state index in [-0.39, 0.29) is 5.75 Å². The van der Waals surface area contributed by atoms with Gasteiger partial charge in [-0.2, -0.15) is 0 Å². The molecule has 1 N–H and O–H groups in total.